The minimum atomic E-state index is 0.276. The Balaban J connectivity index is 2.39. The third kappa shape index (κ3) is 3.40. The summed E-state index contributed by atoms with van der Waals surface area (Å²) in [4.78, 5) is 2.76. The van der Waals surface area contributed by atoms with E-state index in [0.717, 1.165) is 6.54 Å². The molecular formula is C11H19NOS. The molecule has 0 fully saturated rings. The summed E-state index contributed by atoms with van der Waals surface area (Å²) in [6.45, 7) is 7.29. The van der Waals surface area contributed by atoms with Crippen LogP contribution >= 0.6 is 11.3 Å². The van der Waals surface area contributed by atoms with Gasteiger partial charge in [0.25, 0.3) is 0 Å². The molecule has 0 amide bonds. The van der Waals surface area contributed by atoms with Gasteiger partial charge in [-0.1, -0.05) is 0 Å². The zero-order chi connectivity index (χ0) is 10.6. The molecule has 0 aromatic carbocycles. The Morgan fingerprint density at radius 3 is 2.64 bits per heavy atom. The molecule has 0 aliphatic heterocycles. The maximum atomic E-state index is 5.18. The molecule has 0 spiro atoms. The summed E-state index contributed by atoms with van der Waals surface area (Å²) in [5, 5.41) is 3.45. The van der Waals surface area contributed by atoms with Crippen LogP contribution in [-0.2, 0) is 4.74 Å². The summed E-state index contributed by atoms with van der Waals surface area (Å²) in [6, 6.07) is 4.78. The van der Waals surface area contributed by atoms with Crippen molar-refractivity contribution in [1.82, 2.24) is 5.32 Å². The van der Waals surface area contributed by atoms with E-state index in [1.807, 2.05) is 11.3 Å². The number of rotatable bonds is 5. The maximum Gasteiger partial charge on any atom is 0.0667 e. The van der Waals surface area contributed by atoms with E-state index in [1.165, 1.54) is 9.75 Å². The molecule has 2 atom stereocenters. The first-order valence-electron chi connectivity index (χ1n) is 4.96. The molecule has 1 aromatic heterocycles. The largest absolute Gasteiger partial charge is 0.380 e. The first kappa shape index (κ1) is 11.7. The third-order valence-corrected chi connectivity index (χ3v) is 3.49. The smallest absolute Gasteiger partial charge is 0.0667 e. The van der Waals surface area contributed by atoms with Crippen LogP contribution in [0.4, 0.5) is 0 Å². The summed E-state index contributed by atoms with van der Waals surface area (Å²) in [5.41, 5.74) is 0. The molecule has 1 N–H and O–H groups in total. The molecule has 1 rings (SSSR count). The third-order valence-electron chi connectivity index (χ3n) is 2.30. The van der Waals surface area contributed by atoms with Gasteiger partial charge in [-0.3, -0.25) is 0 Å². The Morgan fingerprint density at radius 2 is 2.14 bits per heavy atom. The molecule has 3 heteroatoms. The van der Waals surface area contributed by atoms with Crippen molar-refractivity contribution < 1.29 is 4.74 Å². The highest BCUT2D eigenvalue weighted by atomic mass is 32.1. The standard InChI is InChI=1S/C11H19NOS/c1-8(13-4)7-12-10(3)11-6-5-9(2)14-11/h5-6,8,10,12H,7H2,1-4H3. The zero-order valence-electron chi connectivity index (χ0n) is 9.33. The number of nitrogens with one attached hydrogen (secondary N) is 1. The van der Waals surface area contributed by atoms with Crippen molar-refractivity contribution in [3.8, 4) is 0 Å². The van der Waals surface area contributed by atoms with Gasteiger partial charge < -0.3 is 10.1 Å². The summed E-state index contributed by atoms with van der Waals surface area (Å²) in [5.74, 6) is 0. The van der Waals surface area contributed by atoms with Gasteiger partial charge in [-0.2, -0.15) is 0 Å². The Bertz CT molecular complexity index is 272. The van der Waals surface area contributed by atoms with E-state index in [1.54, 1.807) is 7.11 Å². The first-order valence-corrected chi connectivity index (χ1v) is 5.77. The van der Waals surface area contributed by atoms with Gasteiger partial charge in [0.05, 0.1) is 6.10 Å². The van der Waals surface area contributed by atoms with E-state index < -0.39 is 0 Å². The molecule has 2 unspecified atom stereocenters. The molecule has 0 radical (unpaired) electrons. The lowest BCUT2D eigenvalue weighted by Crippen LogP contribution is -2.27. The van der Waals surface area contributed by atoms with Crippen molar-refractivity contribution in [2.75, 3.05) is 13.7 Å². The van der Waals surface area contributed by atoms with E-state index in [2.05, 4.69) is 38.2 Å². The SMILES string of the molecule is COC(C)CNC(C)c1ccc(C)s1. The molecule has 2 nitrogen and oxygen atoms in total. The summed E-state index contributed by atoms with van der Waals surface area (Å²) < 4.78 is 5.18. The molecule has 0 saturated carbocycles. The number of thiophene rings is 1. The van der Waals surface area contributed by atoms with Crippen molar-refractivity contribution >= 4 is 11.3 Å². The van der Waals surface area contributed by atoms with Gasteiger partial charge in [-0.25, -0.2) is 0 Å². The van der Waals surface area contributed by atoms with E-state index >= 15 is 0 Å². The highest BCUT2D eigenvalue weighted by Crippen LogP contribution is 2.21. The maximum absolute atomic E-state index is 5.18. The fourth-order valence-corrected chi connectivity index (χ4v) is 2.12. The molecule has 14 heavy (non-hydrogen) atoms. The number of methoxy groups -OCH3 is 1. The number of aryl methyl sites for hydroxylation is 1. The predicted molar refractivity (Wildman–Crippen MR) is 61.9 cm³/mol. The zero-order valence-corrected chi connectivity index (χ0v) is 10.1. The van der Waals surface area contributed by atoms with Crippen LogP contribution in [-0.4, -0.2) is 19.8 Å². The monoisotopic (exact) mass is 213 g/mol. The number of hydrogen-bond acceptors (Lipinski definition) is 3. The fourth-order valence-electron chi connectivity index (χ4n) is 1.21. The van der Waals surface area contributed by atoms with Gasteiger partial charge in [0.15, 0.2) is 0 Å². The van der Waals surface area contributed by atoms with Crippen molar-refractivity contribution in [1.29, 1.82) is 0 Å². The second kappa shape index (κ2) is 5.49. The van der Waals surface area contributed by atoms with Crippen LogP contribution in [0.5, 0.6) is 0 Å². The number of ether oxygens (including phenoxy) is 1. The molecule has 1 heterocycles. The quantitative estimate of drug-likeness (QED) is 0.812. The highest BCUT2D eigenvalue weighted by molar-refractivity contribution is 7.12. The lowest BCUT2D eigenvalue weighted by Gasteiger charge is -2.15. The lowest BCUT2D eigenvalue weighted by atomic mass is 10.2. The van der Waals surface area contributed by atoms with Gasteiger partial charge in [-0.15, -0.1) is 11.3 Å². The summed E-state index contributed by atoms with van der Waals surface area (Å²) >= 11 is 1.85. The van der Waals surface area contributed by atoms with Gasteiger partial charge in [0, 0.05) is 29.5 Å². The molecule has 1 aromatic rings. The Morgan fingerprint density at radius 1 is 1.43 bits per heavy atom. The molecular weight excluding hydrogens is 194 g/mol. The number of hydrogen-bond donors (Lipinski definition) is 1. The minimum Gasteiger partial charge on any atom is -0.380 e. The van der Waals surface area contributed by atoms with E-state index in [-0.39, 0.29) is 6.10 Å². The topological polar surface area (TPSA) is 21.3 Å². The van der Waals surface area contributed by atoms with Crippen LogP contribution in [0, 0.1) is 6.92 Å². The van der Waals surface area contributed by atoms with Gasteiger partial charge in [0.1, 0.15) is 0 Å². The summed E-state index contributed by atoms with van der Waals surface area (Å²) in [7, 11) is 1.74. The fraction of sp³-hybridized carbons (Fsp3) is 0.636. The molecule has 80 valence electrons. The van der Waals surface area contributed by atoms with Crippen LogP contribution in [0.25, 0.3) is 0 Å². The van der Waals surface area contributed by atoms with Crippen LogP contribution in [0.1, 0.15) is 29.6 Å². The second-order valence-corrected chi connectivity index (χ2v) is 4.94. The normalized spacial score (nSPS) is 15.4. The Hall–Kier alpha value is -0.380. The predicted octanol–water partition coefficient (Wildman–Crippen LogP) is 2.74. The molecule has 0 aliphatic rings. The van der Waals surface area contributed by atoms with E-state index in [4.69, 9.17) is 4.74 Å². The van der Waals surface area contributed by atoms with Crippen molar-refractivity contribution in [2.24, 2.45) is 0 Å². The van der Waals surface area contributed by atoms with Crippen LogP contribution in [0.15, 0.2) is 12.1 Å². The molecule has 0 aliphatic carbocycles. The van der Waals surface area contributed by atoms with Gasteiger partial charge in [-0.05, 0) is 32.9 Å². The van der Waals surface area contributed by atoms with Gasteiger partial charge in [0.2, 0.25) is 0 Å². The minimum absolute atomic E-state index is 0.276. The average molecular weight is 213 g/mol. The van der Waals surface area contributed by atoms with Crippen LogP contribution in [0.2, 0.25) is 0 Å². The lowest BCUT2D eigenvalue weighted by molar-refractivity contribution is 0.115. The van der Waals surface area contributed by atoms with Crippen molar-refractivity contribution in [2.45, 2.75) is 32.9 Å². The Labute approximate surface area is 90.3 Å². The van der Waals surface area contributed by atoms with Gasteiger partial charge >= 0.3 is 0 Å². The average Bonchev–Trinajstić information content (AvgIpc) is 2.60. The molecule has 0 saturated heterocycles. The van der Waals surface area contributed by atoms with Crippen molar-refractivity contribution in [3.63, 3.8) is 0 Å². The Kier molecular flexibility index (Phi) is 4.58. The van der Waals surface area contributed by atoms with E-state index in [0.29, 0.717) is 6.04 Å². The van der Waals surface area contributed by atoms with Crippen LogP contribution < -0.4 is 5.32 Å². The summed E-state index contributed by atoms with van der Waals surface area (Å²) in [6.07, 6.45) is 0.276. The first-order chi connectivity index (χ1) is 6.63. The van der Waals surface area contributed by atoms with E-state index in [9.17, 15) is 0 Å². The van der Waals surface area contributed by atoms with Crippen molar-refractivity contribution in [3.05, 3.63) is 21.9 Å². The second-order valence-electron chi connectivity index (χ2n) is 3.62. The molecule has 0 bridgehead atoms. The van der Waals surface area contributed by atoms with Crippen LogP contribution in [0.3, 0.4) is 0 Å². The highest BCUT2D eigenvalue weighted by Gasteiger charge is 2.08.